The number of hydrogen-bond donors (Lipinski definition) is 0. The van der Waals surface area contributed by atoms with Crippen LogP contribution in [-0.2, 0) is 14.3 Å². The maximum Gasteiger partial charge on any atom is 0.330 e. The second kappa shape index (κ2) is 4.13. The normalized spacial score (nSPS) is 28.0. The highest BCUT2D eigenvalue weighted by atomic mass is 16.5. The summed E-state index contributed by atoms with van der Waals surface area (Å²) in [6.45, 7) is 4.20. The van der Waals surface area contributed by atoms with Crippen LogP contribution in [0.25, 0.3) is 0 Å². The van der Waals surface area contributed by atoms with E-state index in [4.69, 9.17) is 4.74 Å². The van der Waals surface area contributed by atoms with Crippen LogP contribution in [0, 0.1) is 5.41 Å². The average Bonchev–Trinajstić information content (AvgIpc) is 2.42. The highest BCUT2D eigenvalue weighted by Gasteiger charge is 2.39. The molecule has 1 aliphatic rings. The van der Waals surface area contributed by atoms with Gasteiger partial charge in [-0.15, -0.1) is 0 Å². The number of ether oxygens (including phenoxy) is 2. The van der Waals surface area contributed by atoms with E-state index < -0.39 is 0 Å². The molecule has 80 valence electrons. The molecule has 0 aliphatic heterocycles. The smallest absolute Gasteiger partial charge is 0.330 e. The second-order valence-corrected chi connectivity index (χ2v) is 4.18. The molecule has 0 aromatic carbocycles. The molecule has 1 atom stereocenters. The molecule has 3 heteroatoms. The largest absolute Gasteiger partial charge is 0.466 e. The standard InChI is InChI=1S/C11H18O3/c1-11(2)8(7-10(12)14-4)5-6-9(11)13-3/h7,9H,5-6H2,1-4H3/b8-7-/t9-/m0/s1. The molecular weight excluding hydrogens is 180 g/mol. The Labute approximate surface area is 85.1 Å². The van der Waals surface area contributed by atoms with Crippen molar-refractivity contribution in [2.24, 2.45) is 5.41 Å². The molecular formula is C11H18O3. The Kier molecular flexibility index (Phi) is 3.32. The van der Waals surface area contributed by atoms with Crippen LogP contribution in [0.15, 0.2) is 11.6 Å². The third-order valence-corrected chi connectivity index (χ3v) is 3.09. The van der Waals surface area contributed by atoms with E-state index >= 15 is 0 Å². The number of rotatable bonds is 2. The molecule has 1 aliphatic carbocycles. The molecule has 1 rings (SSSR count). The third-order valence-electron chi connectivity index (χ3n) is 3.09. The Morgan fingerprint density at radius 2 is 2.14 bits per heavy atom. The summed E-state index contributed by atoms with van der Waals surface area (Å²) in [6, 6.07) is 0. The van der Waals surface area contributed by atoms with E-state index in [1.165, 1.54) is 7.11 Å². The minimum Gasteiger partial charge on any atom is -0.466 e. The summed E-state index contributed by atoms with van der Waals surface area (Å²) in [5, 5.41) is 0. The van der Waals surface area contributed by atoms with Gasteiger partial charge in [0.2, 0.25) is 0 Å². The fourth-order valence-corrected chi connectivity index (χ4v) is 2.05. The highest BCUT2D eigenvalue weighted by molar-refractivity contribution is 5.83. The molecule has 0 spiro atoms. The maximum absolute atomic E-state index is 11.1. The molecule has 14 heavy (non-hydrogen) atoms. The van der Waals surface area contributed by atoms with Gasteiger partial charge in [0, 0.05) is 18.6 Å². The van der Waals surface area contributed by atoms with Crippen molar-refractivity contribution in [2.75, 3.05) is 14.2 Å². The van der Waals surface area contributed by atoms with Crippen LogP contribution in [0.2, 0.25) is 0 Å². The van der Waals surface area contributed by atoms with Crippen LogP contribution in [0.3, 0.4) is 0 Å². The number of hydrogen-bond acceptors (Lipinski definition) is 3. The van der Waals surface area contributed by atoms with Crippen molar-refractivity contribution < 1.29 is 14.3 Å². The van der Waals surface area contributed by atoms with Gasteiger partial charge in [-0.1, -0.05) is 19.4 Å². The summed E-state index contributed by atoms with van der Waals surface area (Å²) < 4.78 is 10.00. The van der Waals surface area contributed by atoms with E-state index in [2.05, 4.69) is 18.6 Å². The molecule has 0 radical (unpaired) electrons. The summed E-state index contributed by atoms with van der Waals surface area (Å²) in [4.78, 5) is 11.1. The van der Waals surface area contributed by atoms with Gasteiger partial charge in [0.15, 0.2) is 0 Å². The van der Waals surface area contributed by atoms with Crippen molar-refractivity contribution in [2.45, 2.75) is 32.8 Å². The van der Waals surface area contributed by atoms with Gasteiger partial charge in [0.1, 0.15) is 0 Å². The molecule has 0 amide bonds. The molecule has 1 saturated carbocycles. The zero-order valence-corrected chi connectivity index (χ0v) is 9.29. The first-order valence-corrected chi connectivity index (χ1v) is 4.84. The lowest BCUT2D eigenvalue weighted by atomic mass is 9.85. The zero-order chi connectivity index (χ0) is 10.8. The molecule has 3 nitrogen and oxygen atoms in total. The van der Waals surface area contributed by atoms with E-state index in [0.29, 0.717) is 0 Å². The summed E-state index contributed by atoms with van der Waals surface area (Å²) >= 11 is 0. The van der Waals surface area contributed by atoms with Crippen LogP contribution in [-0.4, -0.2) is 26.3 Å². The summed E-state index contributed by atoms with van der Waals surface area (Å²) in [6.07, 6.45) is 3.70. The first kappa shape index (κ1) is 11.2. The van der Waals surface area contributed by atoms with Crippen LogP contribution in [0.1, 0.15) is 26.7 Å². The molecule has 0 heterocycles. The maximum atomic E-state index is 11.1. The Hall–Kier alpha value is -0.830. The predicted molar refractivity (Wildman–Crippen MR) is 53.9 cm³/mol. The summed E-state index contributed by atoms with van der Waals surface area (Å²) in [5.74, 6) is -0.273. The Bertz CT molecular complexity index is 253. The van der Waals surface area contributed by atoms with Gasteiger partial charge in [0.05, 0.1) is 13.2 Å². The SMILES string of the molecule is COC(=O)/C=C1/CC[C@H](OC)C1(C)C. The van der Waals surface area contributed by atoms with Crippen molar-refractivity contribution >= 4 is 5.97 Å². The van der Waals surface area contributed by atoms with Crippen LogP contribution < -0.4 is 0 Å². The molecule has 0 aromatic heterocycles. The highest BCUT2D eigenvalue weighted by Crippen LogP contribution is 2.43. The molecule has 0 N–H and O–H groups in total. The molecule has 0 aromatic rings. The summed E-state index contributed by atoms with van der Waals surface area (Å²) in [5.41, 5.74) is 1.07. The van der Waals surface area contributed by atoms with Crippen molar-refractivity contribution in [1.82, 2.24) is 0 Å². The molecule has 0 unspecified atom stereocenters. The van der Waals surface area contributed by atoms with Gasteiger partial charge < -0.3 is 9.47 Å². The minimum atomic E-state index is -0.273. The van der Waals surface area contributed by atoms with E-state index in [0.717, 1.165) is 18.4 Å². The van der Waals surface area contributed by atoms with Gasteiger partial charge in [-0.05, 0) is 12.8 Å². The van der Waals surface area contributed by atoms with Crippen LogP contribution >= 0.6 is 0 Å². The van der Waals surface area contributed by atoms with Gasteiger partial charge in [0.25, 0.3) is 0 Å². The lowest BCUT2D eigenvalue weighted by molar-refractivity contribution is -0.134. The minimum absolute atomic E-state index is 0.0526. The fourth-order valence-electron chi connectivity index (χ4n) is 2.05. The van der Waals surface area contributed by atoms with Crippen molar-refractivity contribution in [1.29, 1.82) is 0 Å². The van der Waals surface area contributed by atoms with Gasteiger partial charge in [-0.25, -0.2) is 4.79 Å². The number of esters is 1. The van der Waals surface area contributed by atoms with Crippen molar-refractivity contribution in [3.8, 4) is 0 Å². The number of carbonyl (C=O) groups excluding carboxylic acids is 1. The van der Waals surface area contributed by atoms with E-state index in [9.17, 15) is 4.79 Å². The Morgan fingerprint density at radius 1 is 1.50 bits per heavy atom. The van der Waals surface area contributed by atoms with Gasteiger partial charge >= 0.3 is 5.97 Å². The monoisotopic (exact) mass is 198 g/mol. The first-order chi connectivity index (χ1) is 6.52. The van der Waals surface area contributed by atoms with E-state index in [1.54, 1.807) is 13.2 Å². The fraction of sp³-hybridized carbons (Fsp3) is 0.727. The van der Waals surface area contributed by atoms with Crippen LogP contribution in [0.4, 0.5) is 0 Å². The topological polar surface area (TPSA) is 35.5 Å². The second-order valence-electron chi connectivity index (χ2n) is 4.18. The molecule has 0 bridgehead atoms. The number of carbonyl (C=O) groups is 1. The Balaban J connectivity index is 2.83. The zero-order valence-electron chi connectivity index (χ0n) is 9.29. The quantitative estimate of drug-likeness (QED) is 0.502. The summed E-state index contributed by atoms with van der Waals surface area (Å²) in [7, 11) is 3.11. The predicted octanol–water partition coefficient (Wildman–Crippen LogP) is 1.92. The lowest BCUT2D eigenvalue weighted by Gasteiger charge is -2.27. The van der Waals surface area contributed by atoms with Crippen molar-refractivity contribution in [3.05, 3.63) is 11.6 Å². The van der Waals surface area contributed by atoms with E-state index in [1.807, 2.05) is 0 Å². The lowest BCUT2D eigenvalue weighted by Crippen LogP contribution is -2.26. The van der Waals surface area contributed by atoms with Crippen molar-refractivity contribution in [3.63, 3.8) is 0 Å². The van der Waals surface area contributed by atoms with Gasteiger partial charge in [-0.2, -0.15) is 0 Å². The molecule has 0 saturated heterocycles. The van der Waals surface area contributed by atoms with Gasteiger partial charge in [-0.3, -0.25) is 0 Å². The average molecular weight is 198 g/mol. The number of methoxy groups -OCH3 is 2. The third kappa shape index (κ3) is 1.98. The Morgan fingerprint density at radius 3 is 2.57 bits per heavy atom. The molecule has 1 fully saturated rings. The first-order valence-electron chi connectivity index (χ1n) is 4.84. The van der Waals surface area contributed by atoms with Crippen LogP contribution in [0.5, 0.6) is 0 Å². The van der Waals surface area contributed by atoms with E-state index in [-0.39, 0.29) is 17.5 Å².